The molecule has 2 aliphatic heterocycles. The minimum Gasteiger partial charge on any atom is -0.378 e. The fourth-order valence-corrected chi connectivity index (χ4v) is 3.32. The van der Waals surface area contributed by atoms with Gasteiger partial charge in [0.2, 0.25) is 11.8 Å². The maximum Gasteiger partial charge on any atom is 0.248 e. The Balaban J connectivity index is 2.23. The number of nitrogens with zero attached hydrogens (tertiary/aromatic N) is 1. The average molecular weight is 282 g/mol. The lowest BCUT2D eigenvalue weighted by Crippen LogP contribution is -2.59. The van der Waals surface area contributed by atoms with E-state index in [2.05, 4.69) is 5.32 Å². The molecule has 0 aromatic carbocycles. The van der Waals surface area contributed by atoms with E-state index in [1.54, 1.807) is 0 Å². The molecule has 2 amide bonds. The van der Waals surface area contributed by atoms with Crippen LogP contribution in [0, 0.1) is 0 Å². The third-order valence-electron chi connectivity index (χ3n) is 4.73. The number of amides is 2. The molecule has 0 bridgehead atoms. The quantitative estimate of drug-likeness (QED) is 0.852. The van der Waals surface area contributed by atoms with E-state index in [-0.39, 0.29) is 24.0 Å². The van der Waals surface area contributed by atoms with Crippen molar-refractivity contribution in [3.8, 4) is 0 Å². The van der Waals surface area contributed by atoms with Crippen LogP contribution in [0.2, 0.25) is 0 Å². The SMILES string of the molecule is CCC1(CC)NC(=O)CCN(C2CCOC(C)C2)C1=O. The van der Waals surface area contributed by atoms with Crippen molar-refractivity contribution in [2.24, 2.45) is 0 Å². The van der Waals surface area contributed by atoms with Crippen LogP contribution >= 0.6 is 0 Å². The highest BCUT2D eigenvalue weighted by atomic mass is 16.5. The molecule has 0 saturated carbocycles. The van der Waals surface area contributed by atoms with Gasteiger partial charge in [0.1, 0.15) is 5.54 Å². The summed E-state index contributed by atoms with van der Waals surface area (Å²) in [6.07, 6.45) is 3.61. The Morgan fingerprint density at radius 2 is 2.05 bits per heavy atom. The fraction of sp³-hybridized carbons (Fsp3) is 0.867. The summed E-state index contributed by atoms with van der Waals surface area (Å²) in [7, 11) is 0. The molecule has 5 nitrogen and oxygen atoms in total. The Kier molecular flexibility index (Phi) is 4.68. The predicted octanol–water partition coefficient (Wildman–Crippen LogP) is 1.46. The van der Waals surface area contributed by atoms with Crippen molar-refractivity contribution in [1.29, 1.82) is 0 Å². The highest BCUT2D eigenvalue weighted by Gasteiger charge is 2.44. The molecule has 2 aliphatic rings. The molecule has 0 aromatic heterocycles. The lowest BCUT2D eigenvalue weighted by molar-refractivity contribution is -0.143. The minimum atomic E-state index is -0.713. The zero-order chi connectivity index (χ0) is 14.8. The molecule has 2 unspecified atom stereocenters. The summed E-state index contributed by atoms with van der Waals surface area (Å²) in [6, 6.07) is 0.205. The van der Waals surface area contributed by atoms with Gasteiger partial charge in [-0.1, -0.05) is 13.8 Å². The topological polar surface area (TPSA) is 58.6 Å². The van der Waals surface area contributed by atoms with Crippen LogP contribution in [0.15, 0.2) is 0 Å². The van der Waals surface area contributed by atoms with Crippen molar-refractivity contribution in [1.82, 2.24) is 10.2 Å². The van der Waals surface area contributed by atoms with Crippen LogP contribution in [0.5, 0.6) is 0 Å². The lowest BCUT2D eigenvalue weighted by Gasteiger charge is -2.40. The standard InChI is InChI=1S/C15H26N2O3/c1-4-15(5-2)14(19)17(8-6-13(18)16-15)12-7-9-20-11(3)10-12/h11-12H,4-10H2,1-3H3,(H,16,18). The third-order valence-corrected chi connectivity index (χ3v) is 4.73. The van der Waals surface area contributed by atoms with Gasteiger partial charge in [0.05, 0.1) is 6.10 Å². The van der Waals surface area contributed by atoms with Crippen LogP contribution in [0.3, 0.4) is 0 Å². The van der Waals surface area contributed by atoms with Crippen molar-refractivity contribution >= 4 is 11.8 Å². The van der Waals surface area contributed by atoms with E-state index >= 15 is 0 Å². The van der Waals surface area contributed by atoms with E-state index in [9.17, 15) is 9.59 Å². The van der Waals surface area contributed by atoms with Gasteiger partial charge < -0.3 is 15.0 Å². The molecule has 0 spiro atoms. The number of nitrogens with one attached hydrogen (secondary N) is 1. The van der Waals surface area contributed by atoms with Crippen molar-refractivity contribution in [3.63, 3.8) is 0 Å². The molecule has 2 rings (SSSR count). The Morgan fingerprint density at radius 3 is 2.65 bits per heavy atom. The van der Waals surface area contributed by atoms with Crippen LogP contribution in [-0.4, -0.2) is 47.6 Å². The molecule has 20 heavy (non-hydrogen) atoms. The zero-order valence-corrected chi connectivity index (χ0v) is 12.8. The molecule has 0 aliphatic carbocycles. The van der Waals surface area contributed by atoms with Crippen LogP contribution in [0.4, 0.5) is 0 Å². The lowest BCUT2D eigenvalue weighted by atomic mass is 9.90. The van der Waals surface area contributed by atoms with E-state index in [4.69, 9.17) is 4.74 Å². The van der Waals surface area contributed by atoms with Gasteiger partial charge >= 0.3 is 0 Å². The molecule has 0 radical (unpaired) electrons. The Bertz CT molecular complexity index is 379. The second kappa shape index (κ2) is 6.12. The van der Waals surface area contributed by atoms with Crippen molar-refractivity contribution in [3.05, 3.63) is 0 Å². The summed E-state index contributed by atoms with van der Waals surface area (Å²) < 4.78 is 5.57. The average Bonchev–Trinajstić information content (AvgIpc) is 2.56. The van der Waals surface area contributed by atoms with Crippen molar-refractivity contribution < 1.29 is 14.3 Å². The number of ether oxygens (including phenoxy) is 1. The van der Waals surface area contributed by atoms with Crippen molar-refractivity contribution in [2.75, 3.05) is 13.2 Å². The maximum absolute atomic E-state index is 13.0. The third kappa shape index (κ3) is 2.82. The molecular formula is C15H26N2O3. The summed E-state index contributed by atoms with van der Waals surface area (Å²) >= 11 is 0. The summed E-state index contributed by atoms with van der Waals surface area (Å²) in [5, 5.41) is 2.96. The number of hydrogen-bond acceptors (Lipinski definition) is 3. The van der Waals surface area contributed by atoms with Gasteiger partial charge in [-0.3, -0.25) is 9.59 Å². The van der Waals surface area contributed by atoms with Gasteiger partial charge in [-0.05, 0) is 32.6 Å². The molecule has 1 N–H and O–H groups in total. The second-order valence-electron chi connectivity index (χ2n) is 5.95. The second-order valence-corrected chi connectivity index (χ2v) is 5.95. The highest BCUT2D eigenvalue weighted by Crippen LogP contribution is 2.27. The molecule has 5 heteroatoms. The van der Waals surface area contributed by atoms with Crippen LogP contribution < -0.4 is 5.32 Å². The molecular weight excluding hydrogens is 256 g/mol. The first-order valence-electron chi connectivity index (χ1n) is 7.76. The van der Waals surface area contributed by atoms with Gasteiger partial charge in [0.25, 0.3) is 0 Å². The Morgan fingerprint density at radius 1 is 1.35 bits per heavy atom. The van der Waals surface area contributed by atoms with Crippen LogP contribution in [0.1, 0.15) is 52.9 Å². The summed E-state index contributed by atoms with van der Waals surface area (Å²) in [5.74, 6) is 0.0807. The summed E-state index contributed by atoms with van der Waals surface area (Å²) in [6.45, 7) is 7.21. The normalized spacial score (nSPS) is 30.9. The van der Waals surface area contributed by atoms with Gasteiger partial charge in [-0.25, -0.2) is 0 Å². The fourth-order valence-electron chi connectivity index (χ4n) is 3.32. The monoisotopic (exact) mass is 282 g/mol. The van der Waals surface area contributed by atoms with Crippen LogP contribution in [0.25, 0.3) is 0 Å². The van der Waals surface area contributed by atoms with E-state index in [1.165, 1.54) is 0 Å². The smallest absolute Gasteiger partial charge is 0.248 e. The Labute approximate surface area is 121 Å². The van der Waals surface area contributed by atoms with Gasteiger partial charge in [0, 0.05) is 25.6 Å². The largest absolute Gasteiger partial charge is 0.378 e. The first kappa shape index (κ1) is 15.3. The van der Waals surface area contributed by atoms with Gasteiger partial charge in [-0.2, -0.15) is 0 Å². The van der Waals surface area contributed by atoms with E-state index < -0.39 is 5.54 Å². The molecule has 2 heterocycles. The predicted molar refractivity (Wildman–Crippen MR) is 76.2 cm³/mol. The number of hydrogen-bond donors (Lipinski definition) is 1. The molecule has 2 atom stereocenters. The molecule has 0 aromatic rings. The van der Waals surface area contributed by atoms with Gasteiger partial charge in [-0.15, -0.1) is 0 Å². The molecule has 2 fully saturated rings. The number of carbonyl (C=O) groups is 2. The summed E-state index contributed by atoms with van der Waals surface area (Å²) in [5.41, 5.74) is -0.713. The number of carbonyl (C=O) groups excluding carboxylic acids is 2. The Hall–Kier alpha value is -1.10. The zero-order valence-electron chi connectivity index (χ0n) is 12.8. The first-order chi connectivity index (χ1) is 9.52. The molecule has 114 valence electrons. The summed E-state index contributed by atoms with van der Waals surface area (Å²) in [4.78, 5) is 26.8. The van der Waals surface area contributed by atoms with E-state index in [1.807, 2.05) is 25.7 Å². The van der Waals surface area contributed by atoms with Crippen molar-refractivity contribution in [2.45, 2.75) is 70.6 Å². The number of rotatable bonds is 3. The van der Waals surface area contributed by atoms with Crippen LogP contribution in [-0.2, 0) is 14.3 Å². The highest BCUT2D eigenvalue weighted by molar-refractivity contribution is 5.93. The first-order valence-corrected chi connectivity index (χ1v) is 7.76. The molecule has 2 saturated heterocycles. The van der Waals surface area contributed by atoms with Gasteiger partial charge in [0.15, 0.2) is 0 Å². The maximum atomic E-state index is 13.0. The van der Waals surface area contributed by atoms with E-state index in [0.29, 0.717) is 32.4 Å². The minimum absolute atomic E-state index is 0.00958. The van der Waals surface area contributed by atoms with E-state index in [0.717, 1.165) is 12.8 Å².